The first-order valence-electron chi connectivity index (χ1n) is 9.03. The fraction of sp³-hybridized carbons (Fsp3) is 0.350. The Balaban J connectivity index is 0.00000420. The molecular formula is C20H29IN4O3S. The summed E-state index contributed by atoms with van der Waals surface area (Å²) in [6, 6.07) is 14.6. The van der Waals surface area contributed by atoms with Gasteiger partial charge in [0.25, 0.3) is 0 Å². The van der Waals surface area contributed by atoms with Crippen LogP contribution >= 0.6 is 24.0 Å². The summed E-state index contributed by atoms with van der Waals surface area (Å²) < 4.78 is 30.7. The van der Waals surface area contributed by atoms with Gasteiger partial charge >= 0.3 is 0 Å². The van der Waals surface area contributed by atoms with Gasteiger partial charge < -0.3 is 15.4 Å². The molecule has 0 saturated heterocycles. The Labute approximate surface area is 190 Å². The van der Waals surface area contributed by atoms with Crippen molar-refractivity contribution >= 4 is 40.0 Å². The molecule has 2 aromatic carbocycles. The van der Waals surface area contributed by atoms with Crippen LogP contribution in [0.1, 0.15) is 18.1 Å². The molecule has 0 aliphatic heterocycles. The van der Waals surface area contributed by atoms with Crippen molar-refractivity contribution in [3.05, 3.63) is 59.7 Å². The highest BCUT2D eigenvalue weighted by Gasteiger charge is 2.16. The number of nitrogens with one attached hydrogen (secondary N) is 2. The van der Waals surface area contributed by atoms with Crippen molar-refractivity contribution in [1.29, 1.82) is 0 Å². The van der Waals surface area contributed by atoms with Crippen LogP contribution in [0.25, 0.3) is 0 Å². The zero-order valence-corrected chi connectivity index (χ0v) is 20.3. The lowest BCUT2D eigenvalue weighted by molar-refractivity contribution is 0.414. The first-order chi connectivity index (χ1) is 13.4. The van der Waals surface area contributed by atoms with Gasteiger partial charge in [-0.2, -0.15) is 0 Å². The van der Waals surface area contributed by atoms with Gasteiger partial charge in [0.1, 0.15) is 5.75 Å². The molecule has 0 heterocycles. The molecule has 2 aromatic rings. The standard InChI is InChI=1S/C20H28N4O3S.HI/c1-5-21-20(23-15-17-7-6-8-18(13-17)27-4)22-14-16-9-11-19(12-10-16)28(25,26)24(2)3;/h6-13H,5,14-15H2,1-4H3,(H2,21,22,23);1H. The molecule has 7 nitrogen and oxygen atoms in total. The Hall–Kier alpha value is -1.85. The molecule has 0 unspecified atom stereocenters. The summed E-state index contributed by atoms with van der Waals surface area (Å²) in [6.45, 7) is 3.80. The van der Waals surface area contributed by atoms with E-state index < -0.39 is 10.0 Å². The second-order valence-corrected chi connectivity index (χ2v) is 8.48. The van der Waals surface area contributed by atoms with Crippen LogP contribution in [0.5, 0.6) is 5.75 Å². The number of benzene rings is 2. The second-order valence-electron chi connectivity index (χ2n) is 6.33. The molecule has 0 bridgehead atoms. The average molecular weight is 532 g/mol. The van der Waals surface area contributed by atoms with E-state index in [1.807, 2.05) is 31.2 Å². The molecule has 0 saturated carbocycles. The lowest BCUT2D eigenvalue weighted by Gasteiger charge is -2.13. The molecule has 0 aliphatic carbocycles. The molecule has 9 heteroatoms. The molecule has 0 fully saturated rings. The molecule has 0 aliphatic rings. The maximum absolute atomic E-state index is 12.1. The third kappa shape index (κ3) is 7.48. The molecule has 2 rings (SSSR count). The maximum atomic E-state index is 12.1. The predicted molar refractivity (Wildman–Crippen MR) is 127 cm³/mol. The second kappa shape index (κ2) is 12.0. The Morgan fingerprint density at radius 3 is 2.34 bits per heavy atom. The highest BCUT2D eigenvalue weighted by Crippen LogP contribution is 2.14. The van der Waals surface area contributed by atoms with E-state index in [-0.39, 0.29) is 28.9 Å². The number of rotatable bonds is 8. The van der Waals surface area contributed by atoms with Gasteiger partial charge in [-0.25, -0.2) is 17.7 Å². The molecule has 0 radical (unpaired) electrons. The fourth-order valence-corrected chi connectivity index (χ4v) is 3.36. The smallest absolute Gasteiger partial charge is 0.242 e. The van der Waals surface area contributed by atoms with Crippen LogP contribution in [0.15, 0.2) is 58.4 Å². The van der Waals surface area contributed by atoms with E-state index in [2.05, 4.69) is 15.6 Å². The number of sulfonamides is 1. The minimum atomic E-state index is -3.41. The van der Waals surface area contributed by atoms with Gasteiger partial charge in [0.2, 0.25) is 10.0 Å². The van der Waals surface area contributed by atoms with E-state index in [4.69, 9.17) is 4.74 Å². The Kier molecular flexibility index (Phi) is 10.4. The monoisotopic (exact) mass is 532 g/mol. The van der Waals surface area contributed by atoms with Gasteiger partial charge in [0.15, 0.2) is 5.96 Å². The summed E-state index contributed by atoms with van der Waals surface area (Å²) in [7, 11) is 1.27. The molecule has 160 valence electrons. The normalized spacial score (nSPS) is 11.7. The van der Waals surface area contributed by atoms with Crippen LogP contribution in [0.4, 0.5) is 0 Å². The summed E-state index contributed by atoms with van der Waals surface area (Å²) in [5, 5.41) is 6.47. The molecule has 0 amide bonds. The van der Waals surface area contributed by atoms with Crippen molar-refractivity contribution in [2.75, 3.05) is 27.7 Å². The fourth-order valence-electron chi connectivity index (χ4n) is 2.46. The Morgan fingerprint density at radius 1 is 1.07 bits per heavy atom. The van der Waals surface area contributed by atoms with Gasteiger partial charge in [0.05, 0.1) is 18.6 Å². The summed E-state index contributed by atoms with van der Waals surface area (Å²) >= 11 is 0. The van der Waals surface area contributed by atoms with Crippen molar-refractivity contribution in [2.24, 2.45) is 4.99 Å². The van der Waals surface area contributed by atoms with Crippen molar-refractivity contribution < 1.29 is 13.2 Å². The van der Waals surface area contributed by atoms with E-state index >= 15 is 0 Å². The van der Waals surface area contributed by atoms with Crippen LogP contribution in [0.2, 0.25) is 0 Å². The van der Waals surface area contributed by atoms with E-state index in [9.17, 15) is 8.42 Å². The number of ether oxygens (including phenoxy) is 1. The van der Waals surface area contributed by atoms with E-state index in [1.54, 1.807) is 31.4 Å². The molecular weight excluding hydrogens is 503 g/mol. The number of hydrogen-bond acceptors (Lipinski definition) is 4. The number of guanidine groups is 1. The zero-order valence-electron chi connectivity index (χ0n) is 17.2. The van der Waals surface area contributed by atoms with Gasteiger partial charge in [-0.1, -0.05) is 24.3 Å². The van der Waals surface area contributed by atoms with E-state index in [0.29, 0.717) is 19.0 Å². The molecule has 0 aromatic heterocycles. The van der Waals surface area contributed by atoms with Gasteiger partial charge in [-0.15, -0.1) is 24.0 Å². The van der Waals surface area contributed by atoms with Crippen LogP contribution in [-0.4, -0.2) is 46.4 Å². The largest absolute Gasteiger partial charge is 0.497 e. The van der Waals surface area contributed by atoms with Gasteiger partial charge in [0, 0.05) is 27.2 Å². The maximum Gasteiger partial charge on any atom is 0.242 e. The summed E-state index contributed by atoms with van der Waals surface area (Å²) in [4.78, 5) is 4.87. The summed E-state index contributed by atoms with van der Waals surface area (Å²) in [6.07, 6.45) is 0. The number of nitrogens with zero attached hydrogens (tertiary/aromatic N) is 2. The molecule has 2 N–H and O–H groups in total. The summed E-state index contributed by atoms with van der Waals surface area (Å²) in [5.41, 5.74) is 2.01. The highest BCUT2D eigenvalue weighted by molar-refractivity contribution is 14.0. The third-order valence-corrected chi connectivity index (χ3v) is 5.89. The minimum Gasteiger partial charge on any atom is -0.497 e. The average Bonchev–Trinajstić information content (AvgIpc) is 2.70. The van der Waals surface area contributed by atoms with Crippen LogP contribution < -0.4 is 15.4 Å². The SMILES string of the molecule is CCNC(=NCc1cccc(OC)c1)NCc1ccc(S(=O)(=O)N(C)C)cc1.I. The lowest BCUT2D eigenvalue weighted by atomic mass is 10.2. The van der Waals surface area contributed by atoms with E-state index in [0.717, 1.165) is 23.4 Å². The van der Waals surface area contributed by atoms with Crippen molar-refractivity contribution in [1.82, 2.24) is 14.9 Å². The third-order valence-electron chi connectivity index (χ3n) is 4.06. The predicted octanol–water partition coefficient (Wildman–Crippen LogP) is 2.82. The quantitative estimate of drug-likeness (QED) is 0.311. The Morgan fingerprint density at radius 2 is 1.76 bits per heavy atom. The zero-order chi connectivity index (χ0) is 20.6. The van der Waals surface area contributed by atoms with Crippen molar-refractivity contribution in [2.45, 2.75) is 24.9 Å². The number of hydrogen-bond donors (Lipinski definition) is 2. The Bertz CT molecular complexity index is 900. The molecule has 0 atom stereocenters. The van der Waals surface area contributed by atoms with Crippen molar-refractivity contribution in [3.8, 4) is 5.75 Å². The first-order valence-corrected chi connectivity index (χ1v) is 10.5. The molecule has 0 spiro atoms. The highest BCUT2D eigenvalue weighted by atomic mass is 127. The number of aliphatic imine (C=N–C) groups is 1. The number of halogens is 1. The topological polar surface area (TPSA) is 83.0 Å². The van der Waals surface area contributed by atoms with E-state index in [1.165, 1.54) is 18.4 Å². The lowest BCUT2D eigenvalue weighted by Crippen LogP contribution is -2.36. The van der Waals surface area contributed by atoms with Gasteiger partial charge in [-0.05, 0) is 42.3 Å². The van der Waals surface area contributed by atoms with Crippen LogP contribution in [-0.2, 0) is 23.1 Å². The van der Waals surface area contributed by atoms with Crippen LogP contribution in [0, 0.1) is 0 Å². The molecule has 29 heavy (non-hydrogen) atoms. The first kappa shape index (κ1) is 25.2. The van der Waals surface area contributed by atoms with Crippen LogP contribution in [0.3, 0.4) is 0 Å². The van der Waals surface area contributed by atoms with Crippen molar-refractivity contribution in [3.63, 3.8) is 0 Å². The van der Waals surface area contributed by atoms with Gasteiger partial charge in [-0.3, -0.25) is 0 Å². The minimum absolute atomic E-state index is 0. The number of methoxy groups -OCH3 is 1. The summed E-state index contributed by atoms with van der Waals surface area (Å²) in [5.74, 6) is 1.49.